The summed E-state index contributed by atoms with van der Waals surface area (Å²) < 4.78 is 37.8. The van der Waals surface area contributed by atoms with Gasteiger partial charge in [-0.25, -0.2) is 13.2 Å². The number of benzene rings is 3. The van der Waals surface area contributed by atoms with Crippen LogP contribution in [0.5, 0.6) is 11.5 Å². The lowest BCUT2D eigenvalue weighted by molar-refractivity contribution is -0.161. The van der Waals surface area contributed by atoms with Crippen LogP contribution in [0.15, 0.2) is 88.8 Å². The van der Waals surface area contributed by atoms with Gasteiger partial charge >= 0.3 is 5.97 Å². The molecule has 12 heteroatoms. The lowest BCUT2D eigenvalue weighted by Gasteiger charge is -2.47. The maximum atomic E-state index is 13.6. The number of phenolic OH excluding ortho intramolecular Hbond substituents is 1. The number of hydrogen-bond acceptors (Lipinski definition) is 10. The predicted octanol–water partition coefficient (Wildman–Crippen LogP) is 5.32. The highest BCUT2D eigenvalue weighted by atomic mass is 33.1. The maximum absolute atomic E-state index is 13.6. The molecule has 0 aliphatic carbocycles. The van der Waals surface area contributed by atoms with E-state index >= 15 is 0 Å². The summed E-state index contributed by atoms with van der Waals surface area (Å²) in [6.07, 6.45) is 1.35. The van der Waals surface area contributed by atoms with Gasteiger partial charge in [0.25, 0.3) is 5.91 Å². The fourth-order valence-electron chi connectivity index (χ4n) is 4.97. The van der Waals surface area contributed by atoms with Crippen molar-refractivity contribution in [2.24, 2.45) is 4.99 Å². The lowest BCUT2D eigenvalue weighted by atomic mass is 9.99. The van der Waals surface area contributed by atoms with E-state index < -0.39 is 38.2 Å². The molecular weight excluding hydrogens is 627 g/mol. The van der Waals surface area contributed by atoms with E-state index in [1.807, 2.05) is 26.8 Å². The van der Waals surface area contributed by atoms with Crippen molar-refractivity contribution in [3.63, 3.8) is 0 Å². The maximum Gasteiger partial charge on any atom is 0.333 e. The Morgan fingerprint density at radius 2 is 1.76 bits per heavy atom. The Morgan fingerprint density at radius 1 is 1.11 bits per heavy atom. The zero-order valence-corrected chi connectivity index (χ0v) is 28.2. The third-order valence-corrected chi connectivity index (χ3v) is 11.3. The average molecular weight is 666 g/mol. The summed E-state index contributed by atoms with van der Waals surface area (Å²) in [6.45, 7) is 12.8. The van der Waals surface area contributed by atoms with E-state index in [9.17, 15) is 23.1 Å². The van der Waals surface area contributed by atoms with Crippen molar-refractivity contribution >= 4 is 43.4 Å². The minimum atomic E-state index is -3.99. The van der Waals surface area contributed by atoms with Crippen molar-refractivity contribution in [1.82, 2.24) is 4.90 Å². The van der Waals surface area contributed by atoms with Crippen molar-refractivity contribution in [1.29, 1.82) is 0 Å². The quantitative estimate of drug-likeness (QED) is 0.0801. The molecule has 244 valence electrons. The third-order valence-electron chi connectivity index (χ3n) is 7.61. The number of nitrogens with zero attached hydrogens (tertiary/aromatic N) is 3. The van der Waals surface area contributed by atoms with E-state index in [-0.39, 0.29) is 17.3 Å². The van der Waals surface area contributed by atoms with E-state index in [2.05, 4.69) is 16.5 Å². The number of hydrogen-bond donors (Lipinski definition) is 1. The number of carbonyl (C=O) groups excluding carboxylic acids is 2. The van der Waals surface area contributed by atoms with Gasteiger partial charge in [0.05, 0.1) is 12.0 Å². The average Bonchev–Trinajstić information content (AvgIpc) is 3.03. The van der Waals surface area contributed by atoms with Crippen LogP contribution in [-0.4, -0.2) is 74.2 Å². The molecule has 1 fully saturated rings. The molecule has 3 aromatic carbocycles. The zero-order valence-electron chi connectivity index (χ0n) is 26.5. The first-order valence-corrected chi connectivity index (χ1v) is 17.7. The first-order chi connectivity index (χ1) is 21.9. The van der Waals surface area contributed by atoms with Crippen molar-refractivity contribution in [3.8, 4) is 11.5 Å². The van der Waals surface area contributed by atoms with Crippen LogP contribution in [0, 0.1) is 6.92 Å². The fourth-order valence-corrected chi connectivity index (χ4v) is 8.46. The van der Waals surface area contributed by atoms with Gasteiger partial charge in [-0.2, -0.15) is 0 Å². The van der Waals surface area contributed by atoms with Gasteiger partial charge in [0.1, 0.15) is 23.5 Å². The Balaban J connectivity index is 1.62. The highest BCUT2D eigenvalue weighted by molar-refractivity contribution is 8.72. The molecule has 0 bridgehead atoms. The summed E-state index contributed by atoms with van der Waals surface area (Å²) in [7, 11) is -1.90. The van der Waals surface area contributed by atoms with Crippen LogP contribution in [0.1, 0.15) is 37.5 Å². The van der Waals surface area contributed by atoms with Crippen LogP contribution in [-0.2, 0) is 29.8 Å². The molecule has 0 saturated carbocycles. The highest BCUT2D eigenvalue weighted by Crippen LogP contribution is 2.41. The molecule has 1 amide bonds. The number of ether oxygens (including phenoxy) is 2. The smallest absolute Gasteiger partial charge is 0.333 e. The summed E-state index contributed by atoms with van der Waals surface area (Å²) in [6, 6.07) is 16.1. The van der Waals surface area contributed by atoms with Crippen molar-refractivity contribution in [3.05, 3.63) is 95.6 Å². The summed E-state index contributed by atoms with van der Waals surface area (Å²) in [5.41, 5.74) is 3.09. The molecule has 3 aromatic rings. The number of aromatic hydroxyl groups is 1. The van der Waals surface area contributed by atoms with E-state index in [4.69, 9.17) is 9.47 Å². The van der Waals surface area contributed by atoms with Crippen molar-refractivity contribution < 1.29 is 32.6 Å². The lowest BCUT2D eigenvalue weighted by Crippen LogP contribution is -2.67. The number of aliphatic imine (C=N–C) groups is 1. The summed E-state index contributed by atoms with van der Waals surface area (Å²) in [4.78, 5) is 34.8. The number of rotatable bonds is 14. The number of esters is 1. The second-order valence-electron chi connectivity index (χ2n) is 10.8. The summed E-state index contributed by atoms with van der Waals surface area (Å²) in [5, 5.41) is 9.62. The zero-order chi connectivity index (χ0) is 33.6. The van der Waals surface area contributed by atoms with Gasteiger partial charge in [-0.1, -0.05) is 36.4 Å². The van der Waals surface area contributed by atoms with E-state index in [1.54, 1.807) is 62.6 Å². The molecule has 3 atom stereocenters. The van der Waals surface area contributed by atoms with Crippen LogP contribution >= 0.6 is 10.8 Å². The van der Waals surface area contributed by atoms with Crippen LogP contribution in [0.3, 0.4) is 0 Å². The number of β-lactam (4-membered cyclic amide) rings is 1. The first-order valence-electron chi connectivity index (χ1n) is 14.8. The molecule has 46 heavy (non-hydrogen) atoms. The van der Waals surface area contributed by atoms with Gasteiger partial charge in [0.15, 0.2) is 12.1 Å². The number of methoxy groups -OCH3 is 1. The Morgan fingerprint density at radius 3 is 2.33 bits per heavy atom. The normalized spacial score (nSPS) is 17.0. The van der Waals surface area contributed by atoms with Crippen LogP contribution < -0.4 is 9.64 Å². The second kappa shape index (κ2) is 14.9. The van der Waals surface area contributed by atoms with Crippen molar-refractivity contribution in [2.45, 2.75) is 56.7 Å². The molecule has 1 aliphatic rings. The fraction of sp³-hybridized carbons (Fsp3) is 0.324. The van der Waals surface area contributed by atoms with Gasteiger partial charge in [-0.15, -0.1) is 0 Å². The Bertz CT molecular complexity index is 1700. The standard InChI is InChI=1S/C34H39N3O7S2/c1-7-36(8-2)26-14-13-25(29(38)19-26)20-35-30-32(39)37(33(30)45-46(41,42)28-17-9-23(5)10-18-28)31(22(3)4)34(40)44-21-24-11-15-27(43-6)16-12-24/h9-20,30-31,33,38H,3,7-8,21H2,1-2,4-6H3. The first kappa shape index (κ1) is 34.6. The third kappa shape index (κ3) is 7.73. The van der Waals surface area contributed by atoms with Gasteiger partial charge in [0, 0.05) is 47.4 Å². The Kier molecular flexibility index (Phi) is 11.2. The van der Waals surface area contributed by atoms with E-state index in [0.717, 1.165) is 24.3 Å². The van der Waals surface area contributed by atoms with Gasteiger partial charge < -0.3 is 24.4 Å². The monoisotopic (exact) mass is 665 g/mol. The molecule has 1 saturated heterocycles. The minimum absolute atomic E-state index is 0.0322. The largest absolute Gasteiger partial charge is 0.507 e. The number of anilines is 1. The molecule has 1 heterocycles. The molecule has 0 aromatic heterocycles. The molecule has 1 aliphatic heterocycles. The summed E-state index contributed by atoms with van der Waals surface area (Å²) in [5.74, 6) is -0.700. The summed E-state index contributed by atoms with van der Waals surface area (Å²) >= 11 is 0. The number of carbonyl (C=O) groups is 2. The SMILES string of the molecule is C=C(C)C(C(=O)OCc1ccc(OC)cc1)N1C(=O)C(N=Cc2ccc(N(CC)CC)cc2O)C1SS(=O)(=O)c1ccc(C)cc1. The van der Waals surface area contributed by atoms with Crippen LogP contribution in [0.2, 0.25) is 0 Å². The number of likely N-dealkylation sites (tertiary alicyclic amines) is 1. The van der Waals surface area contributed by atoms with E-state index in [0.29, 0.717) is 33.2 Å². The van der Waals surface area contributed by atoms with Crippen LogP contribution in [0.25, 0.3) is 0 Å². The van der Waals surface area contributed by atoms with Crippen LogP contribution in [0.4, 0.5) is 5.69 Å². The second-order valence-corrected chi connectivity index (χ2v) is 14.8. The molecule has 4 rings (SSSR count). The number of amides is 1. The molecular formula is C34H39N3O7S2. The highest BCUT2D eigenvalue weighted by Gasteiger charge is 2.55. The molecule has 1 N–H and O–H groups in total. The van der Waals surface area contributed by atoms with Crippen molar-refractivity contribution in [2.75, 3.05) is 25.1 Å². The number of aryl methyl sites for hydroxylation is 1. The van der Waals surface area contributed by atoms with Gasteiger partial charge in [-0.05, 0) is 75.2 Å². The number of phenols is 1. The minimum Gasteiger partial charge on any atom is -0.507 e. The van der Waals surface area contributed by atoms with Gasteiger partial charge in [-0.3, -0.25) is 9.79 Å². The molecule has 10 nitrogen and oxygen atoms in total. The molecule has 0 radical (unpaired) electrons. The molecule has 0 spiro atoms. The Hall–Kier alpha value is -4.29. The topological polar surface area (TPSA) is 126 Å². The van der Waals surface area contributed by atoms with E-state index in [1.165, 1.54) is 23.2 Å². The Labute approximate surface area is 274 Å². The van der Waals surface area contributed by atoms with Gasteiger partial charge in [0.2, 0.25) is 8.87 Å². The predicted molar refractivity (Wildman–Crippen MR) is 181 cm³/mol. The molecule has 3 unspecified atom stereocenters.